The third-order valence-electron chi connectivity index (χ3n) is 6.55. The molecule has 0 saturated carbocycles. The lowest BCUT2D eigenvalue weighted by Gasteiger charge is -2.42. The Hall–Kier alpha value is -1.32. The normalized spacial score (nSPS) is 20.6. The van der Waals surface area contributed by atoms with E-state index < -0.39 is 8.32 Å². The monoisotopic (exact) mass is 400 g/mol. The summed E-state index contributed by atoms with van der Waals surface area (Å²) >= 11 is 0. The van der Waals surface area contributed by atoms with Gasteiger partial charge in [0.2, 0.25) is 8.32 Å². The summed E-state index contributed by atoms with van der Waals surface area (Å²) in [6, 6.07) is 10.4. The van der Waals surface area contributed by atoms with E-state index in [-0.39, 0.29) is 10.5 Å². The quantitative estimate of drug-likeness (QED) is 0.241. The van der Waals surface area contributed by atoms with Crippen LogP contribution in [-0.4, -0.2) is 14.9 Å². The summed E-state index contributed by atoms with van der Waals surface area (Å²) in [6.07, 6.45) is 8.15. The van der Waals surface area contributed by atoms with Crippen molar-refractivity contribution >= 4 is 8.32 Å². The lowest BCUT2D eigenvalue weighted by Crippen LogP contribution is -2.41. The van der Waals surface area contributed by atoms with E-state index in [0.29, 0.717) is 6.61 Å². The zero-order chi connectivity index (χ0) is 20.8. The van der Waals surface area contributed by atoms with Crippen molar-refractivity contribution in [1.82, 2.24) is 0 Å². The molecule has 1 aliphatic rings. The molecule has 156 valence electrons. The van der Waals surface area contributed by atoms with Gasteiger partial charge in [0.25, 0.3) is 0 Å². The molecule has 1 atom stereocenters. The minimum Gasteiger partial charge on any atom is -0.544 e. The van der Waals surface area contributed by atoms with Gasteiger partial charge in [-0.25, -0.2) is 0 Å². The molecule has 0 aromatic heterocycles. The first kappa shape index (κ1) is 23.0. The Morgan fingerprint density at radius 2 is 1.86 bits per heavy atom. The molecule has 2 nitrogen and oxygen atoms in total. The summed E-state index contributed by atoms with van der Waals surface area (Å²) in [5.74, 6) is 0.916. The highest BCUT2D eigenvalue weighted by molar-refractivity contribution is 6.74. The smallest absolute Gasteiger partial charge is 0.250 e. The largest absolute Gasteiger partial charge is 0.544 e. The summed E-state index contributed by atoms with van der Waals surface area (Å²) in [4.78, 5) is 0. The van der Waals surface area contributed by atoms with E-state index in [2.05, 4.69) is 77.7 Å². The van der Waals surface area contributed by atoms with Crippen molar-refractivity contribution in [2.45, 2.75) is 84.5 Å². The number of hydrogen-bond acceptors (Lipinski definition) is 2. The zero-order valence-corrected chi connectivity index (χ0v) is 19.9. The number of hydrogen-bond donors (Lipinski definition) is 0. The molecule has 0 heterocycles. The third-order valence-corrected chi connectivity index (χ3v) is 10.9. The van der Waals surface area contributed by atoms with Crippen molar-refractivity contribution in [3.8, 4) is 0 Å². The lowest BCUT2D eigenvalue weighted by atomic mass is 9.70. The predicted octanol–water partition coefficient (Wildman–Crippen LogP) is 7.64. The first-order valence-corrected chi connectivity index (χ1v) is 13.7. The lowest BCUT2D eigenvalue weighted by molar-refractivity contribution is 0.108. The Bertz CT molecular complexity index is 670. The molecule has 1 aromatic carbocycles. The van der Waals surface area contributed by atoms with Gasteiger partial charge in [-0.1, -0.05) is 70.7 Å². The minimum absolute atomic E-state index is 0.147. The van der Waals surface area contributed by atoms with E-state index >= 15 is 0 Å². The van der Waals surface area contributed by atoms with Crippen molar-refractivity contribution in [2.24, 2.45) is 5.41 Å². The Morgan fingerprint density at radius 3 is 2.50 bits per heavy atom. The Labute approximate surface area is 174 Å². The molecule has 0 unspecified atom stereocenters. The Balaban J connectivity index is 1.91. The molecule has 0 saturated heterocycles. The predicted molar refractivity (Wildman–Crippen MR) is 123 cm³/mol. The van der Waals surface area contributed by atoms with Gasteiger partial charge < -0.3 is 9.16 Å². The minimum atomic E-state index is -1.86. The van der Waals surface area contributed by atoms with Crippen molar-refractivity contribution in [2.75, 3.05) is 6.61 Å². The van der Waals surface area contributed by atoms with Gasteiger partial charge in [-0.05, 0) is 66.8 Å². The summed E-state index contributed by atoms with van der Waals surface area (Å²) in [6.45, 7) is 19.7. The molecule has 3 heteroatoms. The molecule has 0 fully saturated rings. The molecule has 0 N–H and O–H groups in total. The van der Waals surface area contributed by atoms with Crippen molar-refractivity contribution in [1.29, 1.82) is 0 Å². The Morgan fingerprint density at radius 1 is 1.18 bits per heavy atom. The van der Waals surface area contributed by atoms with E-state index in [4.69, 9.17) is 9.16 Å². The summed E-state index contributed by atoms with van der Waals surface area (Å²) < 4.78 is 12.5. The van der Waals surface area contributed by atoms with Gasteiger partial charge in [-0.2, -0.15) is 0 Å². The van der Waals surface area contributed by atoms with Crippen LogP contribution in [0.2, 0.25) is 18.1 Å². The second kappa shape index (κ2) is 9.45. The maximum absolute atomic E-state index is 6.57. The molecule has 0 radical (unpaired) electrons. The van der Waals surface area contributed by atoms with E-state index in [1.165, 1.54) is 24.0 Å². The summed E-state index contributed by atoms with van der Waals surface area (Å²) in [5.41, 5.74) is 2.73. The number of rotatable bonds is 9. The van der Waals surface area contributed by atoms with E-state index in [1.54, 1.807) is 0 Å². The van der Waals surface area contributed by atoms with Crippen LogP contribution < -0.4 is 0 Å². The van der Waals surface area contributed by atoms with Gasteiger partial charge in [0.05, 0.1) is 12.4 Å². The summed E-state index contributed by atoms with van der Waals surface area (Å²) in [7, 11) is -1.86. The molecule has 0 aliphatic heterocycles. The standard InChI is InChI=1S/C25H40O2Si/c1-21(27-28(6,7)24(2,3)4)23-16-11-12-17-25(23,5)18-13-19-26-20-22-14-9-8-10-15-22/h8-10,14-16H,1,11-13,17-20H2,2-7H3/t25-/m0/s1. The maximum Gasteiger partial charge on any atom is 0.250 e. The number of benzene rings is 1. The first-order chi connectivity index (χ1) is 13.1. The molecule has 0 amide bonds. The zero-order valence-electron chi connectivity index (χ0n) is 18.9. The molecule has 2 rings (SSSR count). The van der Waals surface area contributed by atoms with Crippen LogP contribution in [0, 0.1) is 5.41 Å². The van der Waals surface area contributed by atoms with E-state index in [1.807, 2.05) is 6.07 Å². The van der Waals surface area contributed by atoms with E-state index in [9.17, 15) is 0 Å². The van der Waals surface area contributed by atoms with Crippen LogP contribution in [0.1, 0.15) is 65.4 Å². The number of ether oxygens (including phenoxy) is 1. The molecular weight excluding hydrogens is 360 g/mol. The van der Waals surface area contributed by atoms with Crippen molar-refractivity contribution in [3.05, 3.63) is 59.9 Å². The molecular formula is C25H40O2Si. The third kappa shape index (κ3) is 6.09. The second-order valence-electron chi connectivity index (χ2n) is 10.00. The average Bonchev–Trinajstić information content (AvgIpc) is 2.61. The molecule has 28 heavy (non-hydrogen) atoms. The van der Waals surface area contributed by atoms with Crippen molar-refractivity contribution in [3.63, 3.8) is 0 Å². The summed E-state index contributed by atoms with van der Waals surface area (Å²) in [5, 5.41) is 0.187. The van der Waals surface area contributed by atoms with Gasteiger partial charge in [0, 0.05) is 6.61 Å². The van der Waals surface area contributed by atoms with Crippen molar-refractivity contribution < 1.29 is 9.16 Å². The van der Waals surface area contributed by atoms with Crippen LogP contribution in [0.3, 0.4) is 0 Å². The van der Waals surface area contributed by atoms with Crippen LogP contribution in [0.5, 0.6) is 0 Å². The molecule has 1 aliphatic carbocycles. The van der Waals surface area contributed by atoms with Crippen LogP contribution in [0.4, 0.5) is 0 Å². The Kier molecular flexibility index (Phi) is 7.75. The fourth-order valence-electron chi connectivity index (χ4n) is 3.67. The molecule has 0 spiro atoms. The van der Waals surface area contributed by atoms with E-state index in [0.717, 1.165) is 31.6 Å². The van der Waals surface area contributed by atoms with Gasteiger partial charge in [0.15, 0.2) is 0 Å². The molecule has 0 bridgehead atoms. The highest BCUT2D eigenvalue weighted by Crippen LogP contribution is 2.46. The topological polar surface area (TPSA) is 18.5 Å². The first-order valence-electron chi connectivity index (χ1n) is 10.8. The fraction of sp³-hybridized carbons (Fsp3) is 0.600. The average molecular weight is 401 g/mol. The molecule has 1 aromatic rings. The highest BCUT2D eigenvalue weighted by Gasteiger charge is 2.41. The van der Waals surface area contributed by atoms with Crippen LogP contribution in [0.15, 0.2) is 54.3 Å². The van der Waals surface area contributed by atoms with Crippen LogP contribution in [0.25, 0.3) is 0 Å². The second-order valence-corrected chi connectivity index (χ2v) is 14.7. The SMILES string of the molecule is C=C(O[Si](C)(C)C(C)(C)C)C1=CCCC[C@@]1(C)CCCOCc1ccccc1. The van der Waals surface area contributed by atoms with Crippen LogP contribution in [-0.2, 0) is 15.8 Å². The van der Waals surface area contributed by atoms with Gasteiger partial charge in [0.1, 0.15) is 0 Å². The van der Waals surface area contributed by atoms with Gasteiger partial charge in [-0.3, -0.25) is 0 Å². The van der Waals surface area contributed by atoms with Crippen LogP contribution >= 0.6 is 0 Å². The van der Waals surface area contributed by atoms with Gasteiger partial charge >= 0.3 is 0 Å². The van der Waals surface area contributed by atoms with Gasteiger partial charge in [-0.15, -0.1) is 0 Å². The fourth-order valence-corrected chi connectivity index (χ4v) is 4.71. The highest BCUT2D eigenvalue weighted by atomic mass is 28.4. The maximum atomic E-state index is 6.57. The number of allylic oxidation sites excluding steroid dienone is 2.